The fraction of sp³-hybridized carbons (Fsp3) is 0.188. The van der Waals surface area contributed by atoms with Crippen LogP contribution in [0.5, 0.6) is 5.75 Å². The lowest BCUT2D eigenvalue weighted by Gasteiger charge is -2.25. The highest BCUT2D eigenvalue weighted by molar-refractivity contribution is 5.99. The highest BCUT2D eigenvalue weighted by atomic mass is 19.1. The molecule has 0 aliphatic carbocycles. The van der Waals surface area contributed by atoms with Crippen LogP contribution < -0.4 is 4.74 Å². The zero-order valence-electron chi connectivity index (χ0n) is 10.5. The molecule has 0 fully saturated rings. The maximum atomic E-state index is 13.6. The molecule has 0 amide bonds. The summed E-state index contributed by atoms with van der Waals surface area (Å²) in [5.41, 5.74) is 1.89. The van der Waals surface area contributed by atoms with Gasteiger partial charge in [0, 0.05) is 0 Å². The van der Waals surface area contributed by atoms with Crippen LogP contribution in [0.1, 0.15) is 34.0 Å². The van der Waals surface area contributed by atoms with Gasteiger partial charge in [-0.25, -0.2) is 4.39 Å². The summed E-state index contributed by atoms with van der Waals surface area (Å²) >= 11 is 0. The first-order valence-electron chi connectivity index (χ1n) is 6.20. The maximum Gasteiger partial charge on any atom is 0.170 e. The quantitative estimate of drug-likeness (QED) is 0.774. The lowest BCUT2D eigenvalue weighted by atomic mass is 9.96. The van der Waals surface area contributed by atoms with Crippen LogP contribution in [-0.2, 0) is 0 Å². The van der Waals surface area contributed by atoms with E-state index in [2.05, 4.69) is 0 Å². The summed E-state index contributed by atoms with van der Waals surface area (Å²) in [6.07, 6.45) is -0.156. The number of carbonyl (C=O) groups excluding carboxylic acids is 1. The second-order valence-corrected chi connectivity index (χ2v) is 4.74. The van der Waals surface area contributed by atoms with Crippen molar-refractivity contribution in [3.05, 3.63) is 65.0 Å². The number of halogens is 1. The van der Waals surface area contributed by atoms with Gasteiger partial charge < -0.3 is 4.74 Å². The number of para-hydroxylation sites is 1. The summed E-state index contributed by atoms with van der Waals surface area (Å²) in [5, 5.41) is 0. The fourth-order valence-electron chi connectivity index (χ4n) is 2.27. The molecule has 2 aromatic rings. The monoisotopic (exact) mass is 256 g/mol. The van der Waals surface area contributed by atoms with Crippen LogP contribution in [0.25, 0.3) is 0 Å². The van der Waals surface area contributed by atoms with Crippen LogP contribution in [0.15, 0.2) is 42.5 Å². The number of ketones is 1. The molecule has 19 heavy (non-hydrogen) atoms. The summed E-state index contributed by atoms with van der Waals surface area (Å²) in [6, 6.07) is 12.1. The molecule has 1 atom stereocenters. The van der Waals surface area contributed by atoms with E-state index in [-0.39, 0.29) is 18.0 Å². The van der Waals surface area contributed by atoms with E-state index in [0.717, 1.165) is 0 Å². The highest BCUT2D eigenvalue weighted by Gasteiger charge is 2.27. The van der Waals surface area contributed by atoms with Crippen molar-refractivity contribution >= 4 is 5.78 Å². The van der Waals surface area contributed by atoms with E-state index in [4.69, 9.17) is 4.74 Å². The molecular formula is C16H13FO2. The van der Waals surface area contributed by atoms with Crippen molar-refractivity contribution in [2.24, 2.45) is 0 Å². The Labute approximate surface area is 110 Å². The molecule has 1 aliphatic rings. The Balaban J connectivity index is 1.96. The van der Waals surface area contributed by atoms with E-state index in [9.17, 15) is 9.18 Å². The second kappa shape index (κ2) is 4.50. The number of rotatable bonds is 1. The largest absolute Gasteiger partial charge is 0.484 e. The molecule has 3 rings (SSSR count). The molecule has 0 saturated carbocycles. The topological polar surface area (TPSA) is 26.3 Å². The Morgan fingerprint density at radius 1 is 1.21 bits per heavy atom. The molecule has 2 nitrogen and oxygen atoms in total. The standard InChI is InChI=1S/C16H13FO2/c1-10-6-7-11(8-13(10)17)16-9-14(18)12-4-2-3-5-15(12)19-16/h2-8,16H,9H2,1H3. The molecule has 0 spiro atoms. The first-order valence-corrected chi connectivity index (χ1v) is 6.20. The number of ether oxygens (including phenoxy) is 1. The molecule has 2 aromatic carbocycles. The summed E-state index contributed by atoms with van der Waals surface area (Å²) in [5.74, 6) is 0.338. The van der Waals surface area contributed by atoms with Gasteiger partial charge in [0.1, 0.15) is 17.7 Å². The van der Waals surface area contributed by atoms with E-state index in [1.54, 1.807) is 25.1 Å². The smallest absolute Gasteiger partial charge is 0.170 e. The lowest BCUT2D eigenvalue weighted by molar-refractivity contribution is 0.0849. The Morgan fingerprint density at radius 3 is 2.79 bits per heavy atom. The Hall–Kier alpha value is -2.16. The van der Waals surface area contributed by atoms with Crippen LogP contribution >= 0.6 is 0 Å². The minimum absolute atomic E-state index is 0.0350. The van der Waals surface area contributed by atoms with Gasteiger partial charge in [-0.2, -0.15) is 0 Å². The van der Waals surface area contributed by atoms with Crippen molar-refractivity contribution in [2.75, 3.05) is 0 Å². The van der Waals surface area contributed by atoms with Gasteiger partial charge in [0.2, 0.25) is 0 Å². The van der Waals surface area contributed by atoms with E-state index in [1.807, 2.05) is 18.2 Å². The first-order chi connectivity index (χ1) is 9.15. The van der Waals surface area contributed by atoms with Gasteiger partial charge >= 0.3 is 0 Å². The SMILES string of the molecule is Cc1ccc(C2CC(=O)c3ccccc3O2)cc1F. The number of fused-ring (bicyclic) bond motifs is 1. The molecule has 1 heterocycles. The van der Waals surface area contributed by atoms with Crippen LogP contribution in [0.3, 0.4) is 0 Å². The Kier molecular flexibility index (Phi) is 2.82. The zero-order valence-corrected chi connectivity index (χ0v) is 10.5. The molecule has 3 heteroatoms. The van der Waals surface area contributed by atoms with Gasteiger partial charge in [0.15, 0.2) is 5.78 Å². The van der Waals surface area contributed by atoms with Gasteiger partial charge in [-0.05, 0) is 36.2 Å². The second-order valence-electron chi connectivity index (χ2n) is 4.74. The minimum Gasteiger partial charge on any atom is -0.484 e. The molecule has 0 saturated heterocycles. The summed E-state index contributed by atoms with van der Waals surface area (Å²) < 4.78 is 19.4. The predicted molar refractivity (Wildman–Crippen MR) is 69.9 cm³/mol. The maximum absolute atomic E-state index is 13.6. The normalized spacial score (nSPS) is 17.8. The van der Waals surface area contributed by atoms with E-state index < -0.39 is 6.10 Å². The molecule has 1 aliphatic heterocycles. The van der Waals surface area contributed by atoms with E-state index >= 15 is 0 Å². The van der Waals surface area contributed by atoms with Crippen LogP contribution in [0.2, 0.25) is 0 Å². The number of Topliss-reactive ketones (excluding diaryl/α,β-unsaturated/α-hetero) is 1. The van der Waals surface area contributed by atoms with Gasteiger partial charge in [0.05, 0.1) is 12.0 Å². The number of aryl methyl sites for hydroxylation is 1. The molecular weight excluding hydrogens is 243 g/mol. The summed E-state index contributed by atoms with van der Waals surface area (Å²) in [4.78, 5) is 12.0. The lowest BCUT2D eigenvalue weighted by Crippen LogP contribution is -2.20. The predicted octanol–water partition coefficient (Wildman–Crippen LogP) is 3.84. The van der Waals surface area contributed by atoms with Gasteiger partial charge in [0.25, 0.3) is 0 Å². The van der Waals surface area contributed by atoms with Gasteiger partial charge in [-0.3, -0.25) is 4.79 Å². The summed E-state index contributed by atoms with van der Waals surface area (Å²) in [6.45, 7) is 1.71. The zero-order chi connectivity index (χ0) is 13.4. The van der Waals surface area contributed by atoms with Gasteiger partial charge in [-0.15, -0.1) is 0 Å². The molecule has 0 bridgehead atoms. The van der Waals surface area contributed by atoms with Crippen molar-refractivity contribution in [1.82, 2.24) is 0 Å². The number of hydrogen-bond donors (Lipinski definition) is 0. The molecule has 96 valence electrons. The van der Waals surface area contributed by atoms with Gasteiger partial charge in [-0.1, -0.05) is 24.3 Å². The third-order valence-corrected chi connectivity index (χ3v) is 3.40. The Morgan fingerprint density at radius 2 is 2.00 bits per heavy atom. The summed E-state index contributed by atoms with van der Waals surface area (Å²) in [7, 11) is 0. The fourth-order valence-corrected chi connectivity index (χ4v) is 2.27. The minimum atomic E-state index is -0.405. The molecule has 1 unspecified atom stereocenters. The Bertz CT molecular complexity index is 649. The highest BCUT2D eigenvalue weighted by Crippen LogP contribution is 2.34. The first kappa shape index (κ1) is 11.9. The van der Waals surface area contributed by atoms with E-state index in [1.165, 1.54) is 6.07 Å². The third kappa shape index (κ3) is 2.12. The molecule has 0 aromatic heterocycles. The average molecular weight is 256 g/mol. The van der Waals surface area contributed by atoms with Crippen LogP contribution in [0.4, 0.5) is 4.39 Å². The average Bonchev–Trinajstić information content (AvgIpc) is 2.42. The number of benzene rings is 2. The van der Waals surface area contributed by atoms with Crippen molar-refractivity contribution in [1.29, 1.82) is 0 Å². The van der Waals surface area contributed by atoms with Crippen molar-refractivity contribution in [3.8, 4) is 5.75 Å². The molecule has 0 N–H and O–H groups in total. The van der Waals surface area contributed by atoms with Crippen molar-refractivity contribution in [3.63, 3.8) is 0 Å². The van der Waals surface area contributed by atoms with Crippen molar-refractivity contribution in [2.45, 2.75) is 19.4 Å². The van der Waals surface area contributed by atoms with Crippen LogP contribution in [0, 0.1) is 12.7 Å². The molecule has 0 radical (unpaired) electrons. The number of carbonyl (C=O) groups is 1. The van der Waals surface area contributed by atoms with Crippen LogP contribution in [-0.4, -0.2) is 5.78 Å². The number of hydrogen-bond acceptors (Lipinski definition) is 2. The van der Waals surface area contributed by atoms with Crippen molar-refractivity contribution < 1.29 is 13.9 Å². The van der Waals surface area contributed by atoms with E-state index in [0.29, 0.717) is 22.4 Å². The third-order valence-electron chi connectivity index (χ3n) is 3.40.